The van der Waals surface area contributed by atoms with Crippen LogP contribution in [-0.2, 0) is 6.54 Å². The third kappa shape index (κ3) is 2.28. The van der Waals surface area contributed by atoms with Crippen molar-refractivity contribution in [2.75, 3.05) is 5.73 Å². The van der Waals surface area contributed by atoms with Crippen molar-refractivity contribution >= 4 is 28.2 Å². The molecular formula is C16H13ClN2O. The van der Waals surface area contributed by atoms with E-state index in [0.29, 0.717) is 17.3 Å². The van der Waals surface area contributed by atoms with E-state index < -0.39 is 0 Å². The lowest BCUT2D eigenvalue weighted by molar-refractivity contribution is 0.796. The number of anilines is 1. The SMILES string of the molecule is Nc1cc(Cl)ccc1Cn1c(=O)ccc2ccccc21. The molecule has 0 saturated heterocycles. The van der Waals surface area contributed by atoms with Gasteiger partial charge in [0.25, 0.3) is 5.56 Å². The van der Waals surface area contributed by atoms with Crippen LogP contribution in [0.4, 0.5) is 5.69 Å². The molecule has 1 aromatic heterocycles. The first-order valence-corrected chi connectivity index (χ1v) is 6.65. The summed E-state index contributed by atoms with van der Waals surface area (Å²) in [6.45, 7) is 0.434. The molecule has 0 aliphatic carbocycles. The van der Waals surface area contributed by atoms with Crippen molar-refractivity contribution in [1.82, 2.24) is 4.57 Å². The van der Waals surface area contributed by atoms with Crippen LogP contribution in [0.15, 0.2) is 59.4 Å². The summed E-state index contributed by atoms with van der Waals surface area (Å²) in [5.74, 6) is 0. The highest BCUT2D eigenvalue weighted by Gasteiger charge is 2.06. The number of nitrogens with two attached hydrogens (primary N) is 1. The van der Waals surface area contributed by atoms with E-state index >= 15 is 0 Å². The number of pyridine rings is 1. The van der Waals surface area contributed by atoms with Gasteiger partial charge in [-0.3, -0.25) is 4.79 Å². The molecule has 0 aliphatic heterocycles. The zero-order chi connectivity index (χ0) is 14.1. The first kappa shape index (κ1) is 12.8. The molecule has 0 saturated carbocycles. The lowest BCUT2D eigenvalue weighted by Crippen LogP contribution is -2.20. The summed E-state index contributed by atoms with van der Waals surface area (Å²) in [5.41, 5.74) is 8.29. The molecule has 0 amide bonds. The summed E-state index contributed by atoms with van der Waals surface area (Å²) in [4.78, 5) is 12.1. The summed E-state index contributed by atoms with van der Waals surface area (Å²) in [5, 5.41) is 1.62. The standard InChI is InChI=1S/C16H13ClN2O/c17-13-7-5-12(14(18)9-13)10-19-15-4-2-1-3-11(15)6-8-16(19)20/h1-9H,10,18H2. The van der Waals surface area contributed by atoms with Crippen LogP contribution >= 0.6 is 11.6 Å². The van der Waals surface area contributed by atoms with Crippen LogP contribution in [0.3, 0.4) is 0 Å². The van der Waals surface area contributed by atoms with Gasteiger partial charge in [0, 0.05) is 16.8 Å². The van der Waals surface area contributed by atoms with E-state index in [1.807, 2.05) is 36.4 Å². The second-order valence-electron chi connectivity index (χ2n) is 4.66. The molecule has 0 fully saturated rings. The average Bonchev–Trinajstić information content (AvgIpc) is 2.44. The van der Waals surface area contributed by atoms with E-state index in [4.69, 9.17) is 17.3 Å². The Bertz CT molecular complexity index is 839. The number of nitrogen functional groups attached to an aromatic ring is 1. The van der Waals surface area contributed by atoms with Crippen LogP contribution in [0.2, 0.25) is 5.02 Å². The lowest BCUT2D eigenvalue weighted by atomic mass is 10.1. The smallest absolute Gasteiger partial charge is 0.251 e. The lowest BCUT2D eigenvalue weighted by Gasteiger charge is -2.12. The molecule has 100 valence electrons. The van der Waals surface area contributed by atoms with Gasteiger partial charge >= 0.3 is 0 Å². The summed E-state index contributed by atoms with van der Waals surface area (Å²) >= 11 is 5.90. The summed E-state index contributed by atoms with van der Waals surface area (Å²) < 4.78 is 1.72. The number of rotatable bonds is 2. The van der Waals surface area contributed by atoms with E-state index in [1.54, 1.807) is 22.8 Å². The van der Waals surface area contributed by atoms with Crippen molar-refractivity contribution in [1.29, 1.82) is 0 Å². The van der Waals surface area contributed by atoms with Crippen molar-refractivity contribution in [3.8, 4) is 0 Å². The predicted octanol–water partition coefficient (Wildman–Crippen LogP) is 3.29. The fourth-order valence-corrected chi connectivity index (χ4v) is 2.47. The Balaban J connectivity index is 2.15. The van der Waals surface area contributed by atoms with Crippen molar-refractivity contribution in [2.45, 2.75) is 6.54 Å². The molecule has 3 aromatic rings. The summed E-state index contributed by atoms with van der Waals surface area (Å²) in [6, 6.07) is 16.5. The van der Waals surface area contributed by atoms with Crippen LogP contribution in [0.1, 0.15) is 5.56 Å². The highest BCUT2D eigenvalue weighted by molar-refractivity contribution is 6.30. The molecule has 3 nitrogen and oxygen atoms in total. The van der Waals surface area contributed by atoms with Gasteiger partial charge in [-0.2, -0.15) is 0 Å². The minimum Gasteiger partial charge on any atom is -0.398 e. The Hall–Kier alpha value is -2.26. The van der Waals surface area contributed by atoms with Crippen molar-refractivity contribution in [3.63, 3.8) is 0 Å². The molecule has 20 heavy (non-hydrogen) atoms. The zero-order valence-corrected chi connectivity index (χ0v) is 11.5. The third-order valence-corrected chi connectivity index (χ3v) is 3.57. The highest BCUT2D eigenvalue weighted by atomic mass is 35.5. The van der Waals surface area contributed by atoms with E-state index in [9.17, 15) is 4.79 Å². The Morgan fingerprint density at radius 2 is 1.85 bits per heavy atom. The van der Waals surface area contributed by atoms with Gasteiger partial charge in [0.15, 0.2) is 0 Å². The second-order valence-corrected chi connectivity index (χ2v) is 5.10. The van der Waals surface area contributed by atoms with Gasteiger partial charge in [-0.1, -0.05) is 35.9 Å². The number of hydrogen-bond acceptors (Lipinski definition) is 2. The van der Waals surface area contributed by atoms with Crippen molar-refractivity contribution in [2.24, 2.45) is 0 Å². The number of nitrogens with zero attached hydrogens (tertiary/aromatic N) is 1. The van der Waals surface area contributed by atoms with Crippen LogP contribution in [-0.4, -0.2) is 4.57 Å². The number of benzene rings is 2. The molecule has 0 aliphatic rings. The van der Waals surface area contributed by atoms with Crippen LogP contribution < -0.4 is 11.3 Å². The average molecular weight is 285 g/mol. The molecular weight excluding hydrogens is 272 g/mol. The topological polar surface area (TPSA) is 48.0 Å². The Morgan fingerprint density at radius 3 is 2.65 bits per heavy atom. The fraction of sp³-hybridized carbons (Fsp3) is 0.0625. The van der Waals surface area contributed by atoms with Crippen LogP contribution in [0, 0.1) is 0 Å². The van der Waals surface area contributed by atoms with Gasteiger partial charge in [0.05, 0.1) is 12.1 Å². The summed E-state index contributed by atoms with van der Waals surface area (Å²) in [7, 11) is 0. The van der Waals surface area contributed by atoms with Gasteiger partial charge in [-0.15, -0.1) is 0 Å². The first-order chi connectivity index (χ1) is 9.65. The fourth-order valence-electron chi connectivity index (χ4n) is 2.29. The van der Waals surface area contributed by atoms with Gasteiger partial charge in [-0.05, 0) is 35.2 Å². The van der Waals surface area contributed by atoms with E-state index in [-0.39, 0.29) is 5.56 Å². The Morgan fingerprint density at radius 1 is 1.05 bits per heavy atom. The molecule has 3 rings (SSSR count). The molecule has 1 heterocycles. The number of aromatic nitrogens is 1. The minimum atomic E-state index is -0.0435. The van der Waals surface area contributed by atoms with Crippen LogP contribution in [0.5, 0.6) is 0 Å². The number of halogens is 1. The molecule has 2 N–H and O–H groups in total. The van der Waals surface area contributed by atoms with Gasteiger partial charge in [-0.25, -0.2) is 0 Å². The van der Waals surface area contributed by atoms with Crippen LogP contribution in [0.25, 0.3) is 10.9 Å². The molecule has 0 atom stereocenters. The monoisotopic (exact) mass is 284 g/mol. The molecule has 0 bridgehead atoms. The molecule has 0 spiro atoms. The molecule has 2 aromatic carbocycles. The largest absolute Gasteiger partial charge is 0.398 e. The maximum atomic E-state index is 12.1. The second kappa shape index (κ2) is 5.02. The normalized spacial score (nSPS) is 10.8. The van der Waals surface area contributed by atoms with Gasteiger partial charge in [0.1, 0.15) is 0 Å². The Kier molecular flexibility index (Phi) is 3.20. The highest BCUT2D eigenvalue weighted by Crippen LogP contribution is 2.20. The van der Waals surface area contributed by atoms with E-state index in [0.717, 1.165) is 16.5 Å². The van der Waals surface area contributed by atoms with Crippen molar-refractivity contribution < 1.29 is 0 Å². The zero-order valence-electron chi connectivity index (χ0n) is 10.7. The van der Waals surface area contributed by atoms with Crippen molar-refractivity contribution in [3.05, 3.63) is 75.5 Å². The number of fused-ring (bicyclic) bond motifs is 1. The van der Waals surface area contributed by atoms with E-state index in [1.165, 1.54) is 0 Å². The molecule has 4 heteroatoms. The quantitative estimate of drug-likeness (QED) is 0.734. The third-order valence-electron chi connectivity index (χ3n) is 3.34. The molecule has 0 unspecified atom stereocenters. The summed E-state index contributed by atoms with van der Waals surface area (Å²) in [6.07, 6.45) is 0. The van der Waals surface area contributed by atoms with Gasteiger partial charge < -0.3 is 10.3 Å². The maximum absolute atomic E-state index is 12.1. The number of hydrogen-bond donors (Lipinski definition) is 1. The number of para-hydroxylation sites is 1. The Labute approximate surface area is 121 Å². The predicted molar refractivity (Wildman–Crippen MR) is 83.2 cm³/mol. The maximum Gasteiger partial charge on any atom is 0.251 e. The molecule has 0 radical (unpaired) electrons. The first-order valence-electron chi connectivity index (χ1n) is 6.27. The van der Waals surface area contributed by atoms with Gasteiger partial charge in [0.2, 0.25) is 0 Å². The minimum absolute atomic E-state index is 0.0435. The van der Waals surface area contributed by atoms with E-state index in [2.05, 4.69) is 0 Å².